The van der Waals surface area contributed by atoms with Crippen molar-refractivity contribution in [1.82, 2.24) is 15.5 Å². The lowest BCUT2D eigenvalue weighted by Crippen LogP contribution is -2.24. The van der Waals surface area contributed by atoms with Crippen LogP contribution in [0.5, 0.6) is 0 Å². The molecule has 4 rings (SSSR count). The topological polar surface area (TPSA) is 68.0 Å². The molecule has 0 saturated heterocycles. The van der Waals surface area contributed by atoms with Crippen molar-refractivity contribution in [3.8, 4) is 10.8 Å². The SMILES string of the molecule is C[C@H]1CCc2sc(-c3nnc(SCC(=O)NCc4ccc(F)cc4)o3)cc2C1. The van der Waals surface area contributed by atoms with Gasteiger partial charge in [0.1, 0.15) is 5.82 Å². The van der Waals surface area contributed by atoms with Gasteiger partial charge in [-0.1, -0.05) is 30.8 Å². The third kappa shape index (κ3) is 4.62. The molecule has 1 aliphatic carbocycles. The summed E-state index contributed by atoms with van der Waals surface area (Å²) in [6.45, 7) is 2.64. The normalized spacial score (nSPS) is 16.0. The van der Waals surface area contributed by atoms with E-state index in [4.69, 9.17) is 4.42 Å². The molecule has 1 amide bonds. The number of carbonyl (C=O) groups excluding carboxylic acids is 1. The Labute approximate surface area is 170 Å². The molecule has 1 atom stereocenters. The molecule has 1 N–H and O–H groups in total. The van der Waals surface area contributed by atoms with Crippen LogP contribution in [-0.2, 0) is 24.2 Å². The summed E-state index contributed by atoms with van der Waals surface area (Å²) in [5.74, 6) is 0.980. The van der Waals surface area contributed by atoms with Crippen LogP contribution < -0.4 is 5.32 Å². The van der Waals surface area contributed by atoms with Gasteiger partial charge in [-0.15, -0.1) is 21.5 Å². The van der Waals surface area contributed by atoms with Gasteiger partial charge in [-0.3, -0.25) is 4.79 Å². The van der Waals surface area contributed by atoms with Crippen molar-refractivity contribution in [2.75, 3.05) is 5.75 Å². The average molecular weight is 418 g/mol. The number of hydrogen-bond acceptors (Lipinski definition) is 6. The number of halogens is 1. The average Bonchev–Trinajstić information content (AvgIpc) is 3.32. The standard InChI is InChI=1S/C20H20FN3O2S2/c1-12-2-7-16-14(8-12)9-17(28-16)19-23-24-20(26-19)27-11-18(25)22-10-13-3-5-15(21)6-4-13/h3-6,9,12H,2,7-8,10-11H2,1H3,(H,22,25)/t12-/m0/s1. The minimum atomic E-state index is -0.293. The molecule has 146 valence electrons. The third-order valence-corrected chi connectivity index (χ3v) is 6.72. The van der Waals surface area contributed by atoms with Crippen LogP contribution in [0.15, 0.2) is 40.0 Å². The van der Waals surface area contributed by atoms with Crippen LogP contribution >= 0.6 is 23.1 Å². The molecule has 5 nitrogen and oxygen atoms in total. The van der Waals surface area contributed by atoms with Gasteiger partial charge in [0.2, 0.25) is 5.91 Å². The molecule has 3 aromatic rings. The van der Waals surface area contributed by atoms with Gasteiger partial charge >= 0.3 is 0 Å². The molecular weight excluding hydrogens is 397 g/mol. The molecule has 0 aliphatic heterocycles. The van der Waals surface area contributed by atoms with Crippen LogP contribution in [0.3, 0.4) is 0 Å². The Morgan fingerprint density at radius 3 is 3.00 bits per heavy atom. The predicted molar refractivity (Wildman–Crippen MR) is 108 cm³/mol. The van der Waals surface area contributed by atoms with Crippen LogP contribution in [0, 0.1) is 11.7 Å². The fourth-order valence-electron chi connectivity index (χ4n) is 3.16. The maximum atomic E-state index is 12.9. The minimum absolute atomic E-state index is 0.144. The second-order valence-electron chi connectivity index (χ2n) is 6.97. The van der Waals surface area contributed by atoms with Gasteiger partial charge < -0.3 is 9.73 Å². The summed E-state index contributed by atoms with van der Waals surface area (Å²) in [5, 5.41) is 11.4. The minimum Gasteiger partial charge on any atom is -0.410 e. The van der Waals surface area contributed by atoms with Gasteiger partial charge in [-0.05, 0) is 54.5 Å². The number of nitrogens with one attached hydrogen (secondary N) is 1. The largest absolute Gasteiger partial charge is 0.410 e. The number of aromatic nitrogens is 2. The van der Waals surface area contributed by atoms with Crippen LogP contribution in [0.1, 0.15) is 29.3 Å². The number of nitrogens with zero attached hydrogens (tertiary/aromatic N) is 2. The summed E-state index contributed by atoms with van der Waals surface area (Å²) in [6, 6.07) is 8.20. The monoisotopic (exact) mass is 417 g/mol. The Balaban J connectivity index is 1.30. The molecule has 1 aromatic carbocycles. The van der Waals surface area contributed by atoms with Crippen LogP contribution in [0.4, 0.5) is 4.39 Å². The lowest BCUT2D eigenvalue weighted by atomic mass is 9.90. The summed E-state index contributed by atoms with van der Waals surface area (Å²) in [7, 11) is 0. The molecule has 2 aromatic heterocycles. The Morgan fingerprint density at radius 1 is 1.36 bits per heavy atom. The Kier molecular flexibility index (Phi) is 5.77. The molecular formula is C20H20FN3O2S2. The van der Waals surface area contributed by atoms with E-state index >= 15 is 0 Å². The van der Waals surface area contributed by atoms with E-state index in [2.05, 4.69) is 28.5 Å². The summed E-state index contributed by atoms with van der Waals surface area (Å²) < 4.78 is 18.6. The molecule has 0 bridgehead atoms. The number of rotatable bonds is 6. The van der Waals surface area contributed by atoms with Gasteiger partial charge in [0.15, 0.2) is 0 Å². The van der Waals surface area contributed by atoms with E-state index in [1.807, 2.05) is 0 Å². The molecule has 8 heteroatoms. The van der Waals surface area contributed by atoms with E-state index in [-0.39, 0.29) is 17.5 Å². The maximum Gasteiger partial charge on any atom is 0.277 e. The predicted octanol–water partition coefficient (Wildman–Crippen LogP) is 4.47. The van der Waals surface area contributed by atoms with Crippen LogP contribution in [0.25, 0.3) is 10.8 Å². The van der Waals surface area contributed by atoms with Gasteiger partial charge in [-0.25, -0.2) is 4.39 Å². The summed E-state index contributed by atoms with van der Waals surface area (Å²) in [4.78, 5) is 14.4. The molecule has 2 heterocycles. The summed E-state index contributed by atoms with van der Waals surface area (Å²) in [5.41, 5.74) is 2.24. The number of aryl methyl sites for hydroxylation is 1. The number of thioether (sulfide) groups is 1. The molecule has 0 spiro atoms. The van der Waals surface area contributed by atoms with Crippen molar-refractivity contribution < 1.29 is 13.6 Å². The van der Waals surface area contributed by atoms with E-state index in [0.717, 1.165) is 29.2 Å². The Bertz CT molecular complexity index is 968. The van der Waals surface area contributed by atoms with Gasteiger partial charge in [0.05, 0.1) is 10.6 Å². The second-order valence-corrected chi connectivity index (χ2v) is 9.04. The Morgan fingerprint density at radius 2 is 2.18 bits per heavy atom. The van der Waals surface area contributed by atoms with E-state index in [0.29, 0.717) is 17.7 Å². The highest BCUT2D eigenvalue weighted by Crippen LogP contribution is 2.37. The quantitative estimate of drug-likeness (QED) is 0.600. The van der Waals surface area contributed by atoms with Crippen molar-refractivity contribution in [3.05, 3.63) is 52.2 Å². The Hall–Kier alpha value is -2.19. The molecule has 28 heavy (non-hydrogen) atoms. The number of benzene rings is 1. The van der Waals surface area contributed by atoms with Crippen LogP contribution in [-0.4, -0.2) is 21.9 Å². The third-order valence-electron chi connectivity index (χ3n) is 4.68. The smallest absolute Gasteiger partial charge is 0.277 e. The van der Waals surface area contributed by atoms with E-state index in [1.54, 1.807) is 23.5 Å². The lowest BCUT2D eigenvalue weighted by Gasteiger charge is -2.16. The number of carbonyl (C=O) groups is 1. The van der Waals surface area contributed by atoms with E-state index in [9.17, 15) is 9.18 Å². The molecule has 0 saturated carbocycles. The summed E-state index contributed by atoms with van der Waals surface area (Å²) in [6.07, 6.45) is 3.45. The first-order chi connectivity index (χ1) is 13.6. The number of amides is 1. The van der Waals surface area contributed by atoms with Crippen molar-refractivity contribution in [2.45, 2.75) is 38.0 Å². The molecule has 0 radical (unpaired) electrons. The first-order valence-electron chi connectivity index (χ1n) is 9.16. The van der Waals surface area contributed by atoms with Crippen molar-refractivity contribution >= 4 is 29.0 Å². The van der Waals surface area contributed by atoms with Crippen LogP contribution in [0.2, 0.25) is 0 Å². The highest BCUT2D eigenvalue weighted by Gasteiger charge is 2.21. The van der Waals surface area contributed by atoms with E-state index in [1.165, 1.54) is 40.8 Å². The van der Waals surface area contributed by atoms with E-state index < -0.39 is 0 Å². The zero-order chi connectivity index (χ0) is 19.5. The number of thiophene rings is 1. The molecule has 0 fully saturated rings. The van der Waals surface area contributed by atoms with Crippen molar-refractivity contribution in [3.63, 3.8) is 0 Å². The highest BCUT2D eigenvalue weighted by atomic mass is 32.2. The molecule has 1 aliphatic rings. The maximum absolute atomic E-state index is 12.9. The summed E-state index contributed by atoms with van der Waals surface area (Å²) >= 11 is 2.93. The number of fused-ring (bicyclic) bond motifs is 1. The fraction of sp³-hybridized carbons (Fsp3) is 0.350. The second kappa shape index (κ2) is 8.45. The van der Waals surface area contributed by atoms with Gasteiger partial charge in [0.25, 0.3) is 11.1 Å². The first kappa shape index (κ1) is 19.1. The first-order valence-corrected chi connectivity index (χ1v) is 11.0. The van der Waals surface area contributed by atoms with Gasteiger partial charge in [0, 0.05) is 11.4 Å². The van der Waals surface area contributed by atoms with Crippen molar-refractivity contribution in [1.29, 1.82) is 0 Å². The number of hydrogen-bond donors (Lipinski definition) is 1. The van der Waals surface area contributed by atoms with Gasteiger partial charge in [-0.2, -0.15) is 0 Å². The zero-order valence-electron chi connectivity index (χ0n) is 15.4. The lowest BCUT2D eigenvalue weighted by molar-refractivity contribution is -0.118. The highest BCUT2D eigenvalue weighted by molar-refractivity contribution is 7.99. The molecule has 0 unspecified atom stereocenters. The zero-order valence-corrected chi connectivity index (χ0v) is 17.0. The van der Waals surface area contributed by atoms with Crippen molar-refractivity contribution in [2.24, 2.45) is 5.92 Å². The fourth-order valence-corrected chi connectivity index (χ4v) is 4.88.